The summed E-state index contributed by atoms with van der Waals surface area (Å²) in [5.74, 6) is 0.736. The first kappa shape index (κ1) is 13.3. The summed E-state index contributed by atoms with van der Waals surface area (Å²) in [4.78, 5) is 24.3. The molecule has 0 aliphatic heterocycles. The highest BCUT2D eigenvalue weighted by Gasteiger charge is 1.97. The van der Waals surface area contributed by atoms with Crippen molar-refractivity contribution in [1.29, 1.82) is 5.26 Å². The minimum atomic E-state index is -0.378. The Bertz CT molecular complexity index is 526. The van der Waals surface area contributed by atoms with E-state index in [1.54, 1.807) is 6.20 Å². The van der Waals surface area contributed by atoms with Crippen molar-refractivity contribution >= 4 is 23.0 Å². The second-order valence-corrected chi connectivity index (χ2v) is 4.59. The van der Waals surface area contributed by atoms with Crippen molar-refractivity contribution < 1.29 is 4.79 Å². The number of hydrogen-bond donors (Lipinski definition) is 1. The minimum Gasteiger partial charge on any atom is -0.327 e. The predicted molar refractivity (Wildman–Crippen MR) is 68.6 cm³/mol. The number of pyridine rings is 1. The number of H-pyrrole nitrogens is 1. The molecule has 1 heterocycles. The normalized spacial score (nSPS) is 10.4. The maximum Gasteiger partial charge on any atom is 0.265 e. The van der Waals surface area contributed by atoms with Crippen molar-refractivity contribution in [1.82, 2.24) is 4.98 Å². The van der Waals surface area contributed by atoms with Crippen molar-refractivity contribution in [2.24, 2.45) is 0 Å². The van der Waals surface area contributed by atoms with Crippen LogP contribution in [0.5, 0.6) is 0 Å². The van der Waals surface area contributed by atoms with Crippen molar-refractivity contribution in [3.63, 3.8) is 0 Å². The number of allylic oxidation sites excluding steroid dienone is 1. The Morgan fingerprint density at radius 3 is 3.06 bits per heavy atom. The summed E-state index contributed by atoms with van der Waals surface area (Å²) in [6, 6.07) is 3.36. The van der Waals surface area contributed by atoms with Gasteiger partial charge in [-0.05, 0) is 18.1 Å². The molecule has 4 nitrogen and oxygen atoms in total. The van der Waals surface area contributed by atoms with Gasteiger partial charge in [-0.2, -0.15) is 5.26 Å². The van der Waals surface area contributed by atoms with E-state index in [1.807, 2.05) is 18.2 Å². The Kier molecular flexibility index (Phi) is 5.24. The number of nitriles is 1. The zero-order valence-corrected chi connectivity index (χ0v) is 10.2. The zero-order chi connectivity index (χ0) is 12.7. The van der Waals surface area contributed by atoms with E-state index in [2.05, 4.69) is 4.98 Å². The van der Waals surface area contributed by atoms with E-state index in [4.69, 9.17) is 5.26 Å². The van der Waals surface area contributed by atoms with Crippen LogP contribution in [-0.4, -0.2) is 15.9 Å². The van der Waals surface area contributed by atoms with E-state index < -0.39 is 0 Å². The molecule has 0 spiro atoms. The Labute approximate surface area is 103 Å². The molecule has 0 aliphatic carbocycles. The molecule has 1 aromatic heterocycles. The molecule has 0 saturated carbocycles. The third-order valence-electron chi connectivity index (χ3n) is 1.95. The van der Waals surface area contributed by atoms with Gasteiger partial charge in [0.05, 0.1) is 0 Å². The number of nitrogens with zero attached hydrogens (tertiary/aromatic N) is 1. The first-order valence-electron chi connectivity index (χ1n) is 5.06. The standard InChI is InChI=1S/C12H12N2O2S/c1-9(15)17-5-3-2-4-10-6-11(7-13)12(16)14-8-10/h2,4,6,8H,3,5H2,1H3,(H,14,16). The van der Waals surface area contributed by atoms with Gasteiger partial charge in [0.25, 0.3) is 5.56 Å². The van der Waals surface area contributed by atoms with E-state index >= 15 is 0 Å². The maximum atomic E-state index is 11.1. The lowest BCUT2D eigenvalue weighted by Gasteiger charge is -1.94. The Morgan fingerprint density at radius 1 is 1.65 bits per heavy atom. The Balaban J connectivity index is 2.57. The third kappa shape index (κ3) is 4.70. The molecule has 0 radical (unpaired) electrons. The van der Waals surface area contributed by atoms with Crippen LogP contribution >= 0.6 is 11.8 Å². The van der Waals surface area contributed by atoms with Crippen molar-refractivity contribution in [3.05, 3.63) is 39.8 Å². The van der Waals surface area contributed by atoms with Crippen molar-refractivity contribution in [2.75, 3.05) is 5.75 Å². The number of rotatable bonds is 4. The second kappa shape index (κ2) is 6.71. The number of aromatic amines is 1. The topological polar surface area (TPSA) is 73.7 Å². The van der Waals surface area contributed by atoms with E-state index in [1.165, 1.54) is 24.8 Å². The maximum absolute atomic E-state index is 11.1. The smallest absolute Gasteiger partial charge is 0.265 e. The highest BCUT2D eigenvalue weighted by molar-refractivity contribution is 8.13. The monoisotopic (exact) mass is 248 g/mol. The molecule has 1 aromatic rings. The number of carbonyl (C=O) groups excluding carboxylic acids is 1. The SMILES string of the molecule is CC(=O)SCCC=Cc1c[nH]c(=O)c(C#N)c1. The summed E-state index contributed by atoms with van der Waals surface area (Å²) in [6.45, 7) is 1.54. The summed E-state index contributed by atoms with van der Waals surface area (Å²) in [5, 5.41) is 8.78. The largest absolute Gasteiger partial charge is 0.327 e. The first-order chi connectivity index (χ1) is 8.13. The van der Waals surface area contributed by atoms with Crippen molar-refractivity contribution in [3.8, 4) is 6.07 Å². The van der Waals surface area contributed by atoms with Crippen LogP contribution in [-0.2, 0) is 4.79 Å². The van der Waals surface area contributed by atoms with Gasteiger partial charge in [0.1, 0.15) is 11.6 Å². The molecule has 88 valence electrons. The molecular weight excluding hydrogens is 236 g/mol. The van der Waals surface area contributed by atoms with Crippen LogP contribution in [0.2, 0.25) is 0 Å². The first-order valence-corrected chi connectivity index (χ1v) is 6.05. The quantitative estimate of drug-likeness (QED) is 0.826. The summed E-state index contributed by atoms with van der Waals surface area (Å²) in [6.07, 6.45) is 6.05. The number of hydrogen-bond acceptors (Lipinski definition) is 4. The van der Waals surface area contributed by atoms with Gasteiger partial charge in [-0.3, -0.25) is 9.59 Å². The van der Waals surface area contributed by atoms with Gasteiger partial charge in [0, 0.05) is 18.9 Å². The lowest BCUT2D eigenvalue weighted by molar-refractivity contribution is -0.109. The fourth-order valence-corrected chi connectivity index (χ4v) is 1.71. The summed E-state index contributed by atoms with van der Waals surface area (Å²) >= 11 is 1.28. The lowest BCUT2D eigenvalue weighted by Crippen LogP contribution is -2.08. The van der Waals surface area contributed by atoms with Gasteiger partial charge < -0.3 is 4.98 Å². The number of thioether (sulfide) groups is 1. The average molecular weight is 248 g/mol. The van der Waals surface area contributed by atoms with Gasteiger partial charge in [-0.25, -0.2) is 0 Å². The Hall–Kier alpha value is -1.80. The highest BCUT2D eigenvalue weighted by atomic mass is 32.2. The van der Waals surface area contributed by atoms with E-state index in [9.17, 15) is 9.59 Å². The van der Waals surface area contributed by atoms with E-state index in [-0.39, 0.29) is 16.2 Å². The van der Waals surface area contributed by atoms with Crippen LogP contribution in [0.25, 0.3) is 6.08 Å². The van der Waals surface area contributed by atoms with Crippen LogP contribution < -0.4 is 5.56 Å². The number of carbonyl (C=O) groups is 1. The van der Waals surface area contributed by atoms with Gasteiger partial charge in [-0.15, -0.1) is 0 Å². The molecule has 0 aliphatic rings. The molecule has 17 heavy (non-hydrogen) atoms. The zero-order valence-electron chi connectivity index (χ0n) is 9.40. The molecule has 0 aromatic carbocycles. The molecule has 0 atom stereocenters. The fraction of sp³-hybridized carbons (Fsp3) is 0.250. The van der Waals surface area contributed by atoms with Gasteiger partial charge >= 0.3 is 0 Å². The third-order valence-corrected chi connectivity index (χ3v) is 2.79. The molecule has 0 bridgehead atoms. The summed E-state index contributed by atoms with van der Waals surface area (Å²) in [7, 11) is 0. The molecule has 0 unspecified atom stereocenters. The lowest BCUT2D eigenvalue weighted by atomic mass is 10.2. The van der Waals surface area contributed by atoms with Gasteiger partial charge in [0.15, 0.2) is 5.12 Å². The fourth-order valence-electron chi connectivity index (χ4n) is 1.17. The molecule has 1 N–H and O–H groups in total. The van der Waals surface area contributed by atoms with Gasteiger partial charge in [0.2, 0.25) is 0 Å². The minimum absolute atomic E-state index is 0.102. The molecular formula is C12H12N2O2S. The molecule has 0 amide bonds. The van der Waals surface area contributed by atoms with Crippen molar-refractivity contribution in [2.45, 2.75) is 13.3 Å². The van der Waals surface area contributed by atoms with Crippen LogP contribution in [0.1, 0.15) is 24.5 Å². The van der Waals surface area contributed by atoms with Crippen LogP contribution in [0.4, 0.5) is 0 Å². The summed E-state index contributed by atoms with van der Waals surface area (Å²) < 4.78 is 0. The second-order valence-electron chi connectivity index (χ2n) is 3.32. The highest BCUT2D eigenvalue weighted by Crippen LogP contribution is 2.06. The van der Waals surface area contributed by atoms with Crippen LogP contribution in [0.3, 0.4) is 0 Å². The van der Waals surface area contributed by atoms with E-state index in [0.29, 0.717) is 0 Å². The average Bonchev–Trinajstić information content (AvgIpc) is 2.30. The van der Waals surface area contributed by atoms with E-state index in [0.717, 1.165) is 17.7 Å². The number of nitrogens with one attached hydrogen (secondary N) is 1. The molecule has 1 rings (SSSR count). The molecule has 0 saturated heterocycles. The van der Waals surface area contributed by atoms with Crippen LogP contribution in [0, 0.1) is 11.3 Å². The Morgan fingerprint density at radius 2 is 2.41 bits per heavy atom. The molecule has 5 heteroatoms. The summed E-state index contributed by atoms with van der Waals surface area (Å²) in [5.41, 5.74) is 0.496. The predicted octanol–water partition coefficient (Wildman–Crippen LogP) is 1.93. The van der Waals surface area contributed by atoms with Crippen LogP contribution in [0.15, 0.2) is 23.1 Å². The molecule has 0 fully saturated rings. The number of aromatic nitrogens is 1. The van der Waals surface area contributed by atoms with Gasteiger partial charge in [-0.1, -0.05) is 23.9 Å².